The van der Waals surface area contributed by atoms with Crippen LogP contribution in [0.25, 0.3) is 0 Å². The monoisotopic (exact) mass is 556 g/mol. The molecule has 0 heterocycles. The molecule has 0 aromatic rings. The van der Waals surface area contributed by atoms with Crippen LogP contribution >= 0.6 is 0 Å². The van der Waals surface area contributed by atoms with Gasteiger partial charge in [-0.1, -0.05) is 0 Å². The van der Waals surface area contributed by atoms with Crippen LogP contribution in [0, 0.1) is 0 Å². The van der Waals surface area contributed by atoms with E-state index >= 15 is 0 Å². The van der Waals surface area contributed by atoms with Crippen LogP contribution in [0.3, 0.4) is 0 Å². The lowest BCUT2D eigenvalue weighted by Gasteiger charge is -2.28. The van der Waals surface area contributed by atoms with Crippen molar-refractivity contribution in [2.75, 3.05) is 70.1 Å². The fourth-order valence-electron chi connectivity index (χ4n) is 3.80. The molecule has 0 aliphatic rings. The van der Waals surface area contributed by atoms with Crippen LogP contribution in [0.4, 0.5) is 0 Å². The molecule has 0 aliphatic heterocycles. The molecule has 0 saturated carbocycles. The molecule has 0 bridgehead atoms. The Morgan fingerprint density at radius 2 is 0.778 bits per heavy atom. The van der Waals surface area contributed by atoms with E-state index < -0.39 is 53.2 Å². The molecule has 0 aromatic heterocycles. The van der Waals surface area contributed by atoms with Gasteiger partial charge in [-0.05, 0) is 24.9 Å². The maximum absolute atomic E-state index is 11.9. The van der Waals surface area contributed by atoms with Crippen LogP contribution in [-0.4, -0.2) is 123 Å². The van der Waals surface area contributed by atoms with E-state index in [4.69, 9.17) is 47.4 Å². The highest BCUT2D eigenvalue weighted by molar-refractivity contribution is 6.61. The van der Waals surface area contributed by atoms with E-state index in [0.717, 1.165) is 12.2 Å². The zero-order valence-electron chi connectivity index (χ0n) is 22.8. The minimum atomic E-state index is -1.81. The average molecular weight is 557 g/mol. The molecule has 0 amide bonds. The molecule has 0 spiro atoms. The number of hydrogen-bond donors (Lipinski definition) is 0. The smallest absolute Gasteiger partial charge is 0.331 e. The Morgan fingerprint density at radius 1 is 0.528 bits per heavy atom. The standard InChI is InChI=1S/C22H44O12Si2/c1-25-19(26-2)35(20(27-3)28-4)15-9-13-33-17(23)11-12-18(24)34-14-10-16-36(21(29-5)30-6)22(31-7)32-8/h11-12,19-22,35-36H,9-10,13-16H2,1-8H3/b12-11-. The molecule has 0 N–H and O–H groups in total. The number of carbonyl (C=O) groups excluding carboxylic acids is 2. The van der Waals surface area contributed by atoms with Crippen molar-refractivity contribution in [3.8, 4) is 0 Å². The van der Waals surface area contributed by atoms with Crippen molar-refractivity contribution < 1.29 is 57.0 Å². The second kappa shape index (κ2) is 21.8. The Morgan fingerprint density at radius 3 is 1.00 bits per heavy atom. The quantitative estimate of drug-likeness (QED) is 0.0606. The minimum absolute atomic E-state index is 0.175. The van der Waals surface area contributed by atoms with E-state index in [-0.39, 0.29) is 13.2 Å². The largest absolute Gasteiger partial charge is 0.463 e. The van der Waals surface area contributed by atoms with Gasteiger partial charge in [0, 0.05) is 69.0 Å². The minimum Gasteiger partial charge on any atom is -0.463 e. The van der Waals surface area contributed by atoms with Gasteiger partial charge in [-0.3, -0.25) is 0 Å². The summed E-state index contributed by atoms with van der Waals surface area (Å²) in [6, 6.07) is 1.39. The number of rotatable bonds is 22. The molecule has 0 radical (unpaired) electrons. The molecule has 0 unspecified atom stereocenters. The molecule has 0 saturated heterocycles. The number of carbonyl (C=O) groups is 2. The number of methoxy groups -OCH3 is 8. The maximum atomic E-state index is 11.9. The van der Waals surface area contributed by atoms with E-state index in [0.29, 0.717) is 24.9 Å². The summed E-state index contributed by atoms with van der Waals surface area (Å²) in [5.74, 6) is -2.86. The third kappa shape index (κ3) is 13.4. The topological polar surface area (TPSA) is 126 Å². The van der Waals surface area contributed by atoms with Crippen LogP contribution in [0.5, 0.6) is 0 Å². The summed E-state index contributed by atoms with van der Waals surface area (Å²) in [6.45, 7) is 0.350. The summed E-state index contributed by atoms with van der Waals surface area (Å²) in [7, 11) is 8.88. The average Bonchev–Trinajstić information content (AvgIpc) is 2.89. The van der Waals surface area contributed by atoms with Crippen molar-refractivity contribution in [3.05, 3.63) is 12.2 Å². The summed E-state index contributed by atoms with van der Waals surface area (Å²) in [4.78, 5) is 23.9. The van der Waals surface area contributed by atoms with Crippen LogP contribution < -0.4 is 0 Å². The SMILES string of the molecule is COC(OC)[SiH](CCCOC(=O)/C=C\C(=O)OCCC[SiH](C(OC)OC)C(OC)OC)C(OC)OC. The van der Waals surface area contributed by atoms with Gasteiger partial charge < -0.3 is 47.4 Å². The first-order chi connectivity index (χ1) is 17.4. The maximum Gasteiger partial charge on any atom is 0.331 e. The number of ether oxygens (including phenoxy) is 10. The normalized spacial score (nSPS) is 12.3. The van der Waals surface area contributed by atoms with Crippen LogP contribution in [0.2, 0.25) is 12.1 Å². The highest BCUT2D eigenvalue weighted by Crippen LogP contribution is 2.15. The van der Waals surface area contributed by atoms with Gasteiger partial charge in [-0.25, -0.2) is 9.59 Å². The Kier molecular flexibility index (Phi) is 21.1. The van der Waals surface area contributed by atoms with Crippen LogP contribution in [-0.2, 0) is 57.0 Å². The van der Waals surface area contributed by atoms with Gasteiger partial charge in [0.15, 0.2) is 17.6 Å². The third-order valence-corrected chi connectivity index (χ3v) is 12.6. The molecule has 0 aliphatic carbocycles. The summed E-state index contributed by atoms with van der Waals surface area (Å²) in [6.07, 6.45) is 3.25. The highest BCUT2D eigenvalue weighted by Gasteiger charge is 2.33. The van der Waals surface area contributed by atoms with Crippen molar-refractivity contribution >= 4 is 29.5 Å². The first kappa shape index (κ1) is 34.8. The summed E-state index contributed by atoms with van der Waals surface area (Å²) < 4.78 is 53.3. The van der Waals surface area contributed by atoms with Crippen molar-refractivity contribution in [1.29, 1.82) is 0 Å². The Balaban J connectivity index is 4.45. The lowest BCUT2D eigenvalue weighted by Crippen LogP contribution is -2.46. The fraction of sp³-hybridized carbons (Fsp3) is 0.818. The fourth-order valence-corrected chi connectivity index (χ4v) is 9.47. The zero-order chi connectivity index (χ0) is 27.3. The summed E-state index contributed by atoms with van der Waals surface area (Å²) >= 11 is 0. The van der Waals surface area contributed by atoms with E-state index in [1.54, 1.807) is 56.9 Å². The molecule has 0 aromatic carbocycles. The lowest BCUT2D eigenvalue weighted by atomic mass is 10.4. The molecule has 14 heteroatoms. The van der Waals surface area contributed by atoms with E-state index in [9.17, 15) is 9.59 Å². The second-order valence-corrected chi connectivity index (χ2v) is 13.6. The van der Waals surface area contributed by atoms with Crippen molar-refractivity contribution in [1.82, 2.24) is 0 Å². The van der Waals surface area contributed by atoms with Gasteiger partial charge in [-0.2, -0.15) is 0 Å². The summed E-state index contributed by atoms with van der Waals surface area (Å²) in [5.41, 5.74) is 0. The predicted octanol–water partition coefficient (Wildman–Crippen LogP) is 0.496. The van der Waals surface area contributed by atoms with Gasteiger partial charge in [0.05, 0.1) is 13.2 Å². The molecular formula is C22H44O12Si2. The van der Waals surface area contributed by atoms with Crippen molar-refractivity contribution in [2.24, 2.45) is 0 Å². The third-order valence-electron chi connectivity index (χ3n) is 5.46. The highest BCUT2D eigenvalue weighted by atomic mass is 28.3. The van der Waals surface area contributed by atoms with Gasteiger partial charge in [0.1, 0.15) is 23.7 Å². The van der Waals surface area contributed by atoms with Crippen LogP contribution in [0.15, 0.2) is 12.2 Å². The predicted molar refractivity (Wildman–Crippen MR) is 135 cm³/mol. The first-order valence-electron chi connectivity index (χ1n) is 11.6. The molecule has 0 fully saturated rings. The van der Waals surface area contributed by atoms with Gasteiger partial charge in [0.25, 0.3) is 0 Å². The van der Waals surface area contributed by atoms with E-state index in [2.05, 4.69) is 0 Å². The van der Waals surface area contributed by atoms with Crippen molar-refractivity contribution in [2.45, 2.75) is 48.6 Å². The molecule has 212 valence electrons. The molecule has 0 atom stereocenters. The Labute approximate surface area is 217 Å². The lowest BCUT2D eigenvalue weighted by molar-refractivity contribution is -0.140. The van der Waals surface area contributed by atoms with Crippen molar-refractivity contribution in [3.63, 3.8) is 0 Å². The van der Waals surface area contributed by atoms with Crippen LogP contribution in [0.1, 0.15) is 12.8 Å². The number of esters is 2. The zero-order valence-corrected chi connectivity index (χ0v) is 25.1. The number of hydrogen-bond acceptors (Lipinski definition) is 12. The molecule has 0 rings (SSSR count). The molecule has 12 nitrogen and oxygen atoms in total. The summed E-state index contributed by atoms with van der Waals surface area (Å²) in [5, 5.41) is 0. The van der Waals surface area contributed by atoms with Gasteiger partial charge >= 0.3 is 11.9 Å². The molecule has 36 heavy (non-hydrogen) atoms. The van der Waals surface area contributed by atoms with E-state index in [1.165, 1.54) is 0 Å². The second-order valence-electron chi connectivity index (χ2n) is 7.64. The Bertz CT molecular complexity index is 520. The van der Waals surface area contributed by atoms with E-state index in [1.807, 2.05) is 0 Å². The van der Waals surface area contributed by atoms with Gasteiger partial charge in [-0.15, -0.1) is 0 Å². The van der Waals surface area contributed by atoms with Gasteiger partial charge in [0.2, 0.25) is 0 Å². The molecular weight excluding hydrogens is 512 g/mol. The Hall–Kier alpha value is -1.21. The first-order valence-corrected chi connectivity index (χ1v) is 15.9.